The third-order valence-electron chi connectivity index (χ3n) is 4.81. The Morgan fingerprint density at radius 2 is 2.12 bits per heavy atom. The number of fused-ring (bicyclic) bond motifs is 1. The van der Waals surface area contributed by atoms with Gasteiger partial charge < -0.3 is 9.47 Å². The zero-order chi connectivity index (χ0) is 16.5. The number of benzene rings is 1. The Morgan fingerprint density at radius 1 is 1.25 bits per heavy atom. The van der Waals surface area contributed by atoms with Gasteiger partial charge in [-0.15, -0.1) is 0 Å². The monoisotopic (exact) mass is 341 g/mol. The van der Waals surface area contributed by atoms with E-state index in [1.54, 1.807) is 11.3 Å². The van der Waals surface area contributed by atoms with Crippen molar-refractivity contribution in [3.05, 3.63) is 42.5 Å². The number of rotatable bonds is 4. The van der Waals surface area contributed by atoms with E-state index in [2.05, 4.69) is 63.7 Å². The highest BCUT2D eigenvalue weighted by Gasteiger charge is 2.26. The molecule has 1 atom stereocenters. The molecule has 1 aromatic carbocycles. The van der Waals surface area contributed by atoms with Crippen molar-refractivity contribution in [3.8, 4) is 0 Å². The quantitative estimate of drug-likeness (QED) is 0.730. The van der Waals surface area contributed by atoms with Crippen molar-refractivity contribution >= 4 is 26.7 Å². The fourth-order valence-electron chi connectivity index (χ4n) is 3.36. The molecule has 1 saturated heterocycles. The molecule has 0 radical (unpaired) electrons. The van der Waals surface area contributed by atoms with Crippen molar-refractivity contribution in [2.75, 3.05) is 24.5 Å². The summed E-state index contributed by atoms with van der Waals surface area (Å²) >= 11 is 1.80. The molecule has 2 aromatic heterocycles. The van der Waals surface area contributed by atoms with E-state index < -0.39 is 0 Å². The zero-order valence-corrected chi connectivity index (χ0v) is 15.0. The minimum absolute atomic E-state index is 0.493. The summed E-state index contributed by atoms with van der Waals surface area (Å²) in [6, 6.07) is 8.89. The van der Waals surface area contributed by atoms with E-state index in [1.807, 2.05) is 6.20 Å². The van der Waals surface area contributed by atoms with Crippen LogP contribution < -0.4 is 4.90 Å². The van der Waals surface area contributed by atoms with Gasteiger partial charge in [0.1, 0.15) is 5.82 Å². The Morgan fingerprint density at radius 3 is 2.92 bits per heavy atom. The van der Waals surface area contributed by atoms with Crippen LogP contribution in [0, 0.1) is 0 Å². The van der Waals surface area contributed by atoms with Crippen LogP contribution in [0.1, 0.15) is 19.7 Å². The lowest BCUT2D eigenvalue weighted by Crippen LogP contribution is -2.51. The third-order valence-corrected chi connectivity index (χ3v) is 5.90. The Balaban J connectivity index is 1.46. The van der Waals surface area contributed by atoms with Gasteiger partial charge in [0.05, 0.1) is 16.8 Å². The smallest absolute Gasteiger partial charge is 0.186 e. The first-order valence-electron chi connectivity index (χ1n) is 8.59. The van der Waals surface area contributed by atoms with Crippen LogP contribution >= 0.6 is 11.3 Å². The number of para-hydroxylation sites is 1. The standard InChI is InChI=1S/C18H23N5S/c1-3-21-9-8-19-17(21)13-22-10-11-23(12-14(22)2)18-20-15-6-4-5-7-16(15)24-18/h4-9,14H,3,10-13H2,1-2H3. The first kappa shape index (κ1) is 15.6. The summed E-state index contributed by atoms with van der Waals surface area (Å²) in [5.41, 5.74) is 1.11. The van der Waals surface area contributed by atoms with E-state index in [1.165, 1.54) is 4.70 Å². The first-order valence-corrected chi connectivity index (χ1v) is 9.41. The van der Waals surface area contributed by atoms with E-state index in [9.17, 15) is 0 Å². The average Bonchev–Trinajstić information content (AvgIpc) is 3.22. The first-order chi connectivity index (χ1) is 11.7. The fraction of sp³-hybridized carbons (Fsp3) is 0.444. The number of hydrogen-bond acceptors (Lipinski definition) is 5. The Bertz CT molecular complexity index is 791. The zero-order valence-electron chi connectivity index (χ0n) is 14.2. The number of hydrogen-bond donors (Lipinski definition) is 0. The normalized spacial score (nSPS) is 19.2. The molecular formula is C18H23N5S. The molecule has 0 saturated carbocycles. The van der Waals surface area contributed by atoms with Gasteiger partial charge in [0.2, 0.25) is 0 Å². The summed E-state index contributed by atoms with van der Waals surface area (Å²) in [6.45, 7) is 9.47. The van der Waals surface area contributed by atoms with Crippen LogP contribution in [-0.4, -0.2) is 45.1 Å². The second-order valence-corrected chi connectivity index (χ2v) is 7.37. The number of nitrogens with zero attached hydrogens (tertiary/aromatic N) is 5. The number of anilines is 1. The van der Waals surface area contributed by atoms with Gasteiger partial charge in [0.15, 0.2) is 5.13 Å². The second-order valence-electron chi connectivity index (χ2n) is 6.36. The fourth-order valence-corrected chi connectivity index (χ4v) is 4.36. The van der Waals surface area contributed by atoms with Gasteiger partial charge in [0, 0.05) is 44.6 Å². The van der Waals surface area contributed by atoms with Crippen LogP contribution in [-0.2, 0) is 13.1 Å². The third kappa shape index (κ3) is 2.91. The molecule has 1 aliphatic heterocycles. The van der Waals surface area contributed by atoms with Crippen molar-refractivity contribution in [2.45, 2.75) is 33.0 Å². The molecule has 1 fully saturated rings. The lowest BCUT2D eigenvalue weighted by molar-refractivity contribution is 0.174. The van der Waals surface area contributed by atoms with E-state index >= 15 is 0 Å². The topological polar surface area (TPSA) is 37.2 Å². The molecule has 0 aliphatic carbocycles. The predicted molar refractivity (Wildman–Crippen MR) is 99.6 cm³/mol. The Labute approximate surface area is 146 Å². The molecule has 3 heterocycles. The number of piperazine rings is 1. The molecule has 1 aliphatic rings. The summed E-state index contributed by atoms with van der Waals surface area (Å²) in [4.78, 5) is 14.3. The van der Waals surface area contributed by atoms with Crippen LogP contribution in [0.15, 0.2) is 36.7 Å². The summed E-state index contributed by atoms with van der Waals surface area (Å²) in [6.07, 6.45) is 3.97. The Kier molecular flexibility index (Phi) is 4.24. The largest absolute Gasteiger partial charge is 0.345 e. The van der Waals surface area contributed by atoms with Crippen molar-refractivity contribution in [2.24, 2.45) is 0 Å². The number of imidazole rings is 1. The summed E-state index contributed by atoms with van der Waals surface area (Å²) < 4.78 is 3.50. The van der Waals surface area contributed by atoms with E-state index in [0.29, 0.717) is 6.04 Å². The molecule has 126 valence electrons. The van der Waals surface area contributed by atoms with Gasteiger partial charge in [0.25, 0.3) is 0 Å². The van der Waals surface area contributed by atoms with Crippen molar-refractivity contribution in [1.29, 1.82) is 0 Å². The summed E-state index contributed by atoms with van der Waals surface area (Å²) in [5.74, 6) is 1.16. The number of thiazole rings is 1. The van der Waals surface area contributed by atoms with Crippen LogP contribution in [0.4, 0.5) is 5.13 Å². The predicted octanol–water partition coefficient (Wildman–Crippen LogP) is 3.22. The summed E-state index contributed by atoms with van der Waals surface area (Å²) in [5, 5.41) is 1.15. The molecule has 24 heavy (non-hydrogen) atoms. The molecule has 5 nitrogen and oxygen atoms in total. The Hall–Kier alpha value is -1.92. The van der Waals surface area contributed by atoms with Gasteiger partial charge >= 0.3 is 0 Å². The highest BCUT2D eigenvalue weighted by molar-refractivity contribution is 7.22. The van der Waals surface area contributed by atoms with Gasteiger partial charge in [-0.1, -0.05) is 23.5 Å². The van der Waals surface area contributed by atoms with Crippen molar-refractivity contribution in [3.63, 3.8) is 0 Å². The molecule has 0 N–H and O–H groups in total. The van der Waals surface area contributed by atoms with Gasteiger partial charge in [-0.3, -0.25) is 4.90 Å². The summed E-state index contributed by atoms with van der Waals surface area (Å²) in [7, 11) is 0. The molecule has 1 unspecified atom stereocenters. The van der Waals surface area contributed by atoms with Crippen molar-refractivity contribution in [1.82, 2.24) is 19.4 Å². The van der Waals surface area contributed by atoms with E-state index in [0.717, 1.165) is 49.2 Å². The van der Waals surface area contributed by atoms with Crippen LogP contribution in [0.2, 0.25) is 0 Å². The maximum atomic E-state index is 4.81. The highest BCUT2D eigenvalue weighted by Crippen LogP contribution is 2.30. The molecule has 0 amide bonds. The second kappa shape index (κ2) is 6.53. The van der Waals surface area contributed by atoms with Gasteiger partial charge in [-0.2, -0.15) is 0 Å². The molecule has 4 rings (SSSR count). The number of aryl methyl sites for hydroxylation is 1. The van der Waals surface area contributed by atoms with E-state index in [4.69, 9.17) is 4.98 Å². The highest BCUT2D eigenvalue weighted by atomic mass is 32.1. The molecule has 3 aromatic rings. The maximum Gasteiger partial charge on any atom is 0.186 e. The molecule has 0 spiro atoms. The molecule has 6 heteroatoms. The lowest BCUT2D eigenvalue weighted by atomic mass is 10.2. The molecular weight excluding hydrogens is 318 g/mol. The minimum Gasteiger partial charge on any atom is -0.345 e. The van der Waals surface area contributed by atoms with E-state index in [-0.39, 0.29) is 0 Å². The maximum absolute atomic E-state index is 4.81. The molecule has 0 bridgehead atoms. The van der Waals surface area contributed by atoms with Crippen molar-refractivity contribution < 1.29 is 0 Å². The van der Waals surface area contributed by atoms with Crippen LogP contribution in [0.5, 0.6) is 0 Å². The van der Waals surface area contributed by atoms with Gasteiger partial charge in [-0.25, -0.2) is 9.97 Å². The van der Waals surface area contributed by atoms with Gasteiger partial charge in [-0.05, 0) is 26.0 Å². The van der Waals surface area contributed by atoms with Crippen LogP contribution in [0.25, 0.3) is 10.2 Å². The minimum atomic E-state index is 0.493. The lowest BCUT2D eigenvalue weighted by Gasteiger charge is -2.39. The number of aromatic nitrogens is 3. The van der Waals surface area contributed by atoms with Crippen LogP contribution in [0.3, 0.4) is 0 Å². The SMILES string of the molecule is CCn1ccnc1CN1CCN(c2nc3ccccc3s2)CC1C. The average molecular weight is 341 g/mol.